The maximum atomic E-state index is 12.6. The number of nitrogens with one attached hydrogen (secondary N) is 1. The van der Waals surface area contributed by atoms with Crippen LogP contribution in [0.4, 0.5) is 0 Å². The van der Waals surface area contributed by atoms with Gasteiger partial charge < -0.3 is 10.2 Å². The summed E-state index contributed by atoms with van der Waals surface area (Å²) >= 11 is 6.30. The van der Waals surface area contributed by atoms with Gasteiger partial charge in [-0.25, -0.2) is 0 Å². The number of hydrogen-bond donors (Lipinski definition) is 1. The lowest BCUT2D eigenvalue weighted by Crippen LogP contribution is -2.49. The van der Waals surface area contributed by atoms with E-state index >= 15 is 0 Å². The molecule has 8 heteroatoms. The summed E-state index contributed by atoms with van der Waals surface area (Å²) in [6.07, 6.45) is 3.78. The highest BCUT2D eigenvalue weighted by Gasteiger charge is 2.28. The van der Waals surface area contributed by atoms with E-state index < -0.39 is 0 Å². The minimum absolute atomic E-state index is 0. The van der Waals surface area contributed by atoms with Crippen molar-refractivity contribution in [3.05, 3.63) is 47.2 Å². The van der Waals surface area contributed by atoms with Gasteiger partial charge in [0.25, 0.3) is 0 Å². The van der Waals surface area contributed by atoms with Gasteiger partial charge in [-0.3, -0.25) is 9.48 Å². The summed E-state index contributed by atoms with van der Waals surface area (Å²) < 4.78 is 1.67. The smallest absolute Gasteiger partial charge is 0.225 e. The van der Waals surface area contributed by atoms with Gasteiger partial charge in [0.2, 0.25) is 5.91 Å². The van der Waals surface area contributed by atoms with Gasteiger partial charge in [-0.05, 0) is 11.6 Å². The Bertz CT molecular complexity index is 635. The Morgan fingerprint density at radius 3 is 2.96 bits per heavy atom. The van der Waals surface area contributed by atoms with Crippen LogP contribution in [0.15, 0.2) is 36.7 Å². The fraction of sp³-hybridized carbons (Fsp3) is 0.400. The van der Waals surface area contributed by atoms with Crippen molar-refractivity contribution in [2.75, 3.05) is 19.6 Å². The van der Waals surface area contributed by atoms with Gasteiger partial charge in [0, 0.05) is 37.3 Å². The first-order chi connectivity index (χ1) is 10.8. The average molecular weight is 356 g/mol. The van der Waals surface area contributed by atoms with Crippen molar-refractivity contribution in [2.24, 2.45) is 0 Å². The Hall–Kier alpha value is -1.63. The van der Waals surface area contributed by atoms with Gasteiger partial charge >= 0.3 is 0 Å². The molecule has 2 heterocycles. The van der Waals surface area contributed by atoms with Crippen LogP contribution in [0.5, 0.6) is 0 Å². The lowest BCUT2D eigenvalue weighted by Gasteiger charge is -2.37. The molecule has 23 heavy (non-hydrogen) atoms. The van der Waals surface area contributed by atoms with E-state index in [1.165, 1.54) is 0 Å². The number of halogens is 2. The summed E-state index contributed by atoms with van der Waals surface area (Å²) in [5.41, 5.74) is 0.991. The van der Waals surface area contributed by atoms with E-state index in [4.69, 9.17) is 11.6 Å². The van der Waals surface area contributed by atoms with E-state index in [2.05, 4.69) is 15.6 Å². The van der Waals surface area contributed by atoms with Gasteiger partial charge in [0.1, 0.15) is 0 Å². The predicted octanol–water partition coefficient (Wildman–Crippen LogP) is 1.92. The molecule has 1 aromatic heterocycles. The third-order valence-electron chi connectivity index (χ3n) is 3.85. The van der Waals surface area contributed by atoms with Crippen LogP contribution < -0.4 is 5.32 Å². The molecule has 0 spiro atoms. The number of hydrogen-bond acceptors (Lipinski definition) is 4. The summed E-state index contributed by atoms with van der Waals surface area (Å²) in [5, 5.41) is 11.7. The highest BCUT2D eigenvalue weighted by Crippen LogP contribution is 2.28. The van der Waals surface area contributed by atoms with Crippen LogP contribution in [0.3, 0.4) is 0 Å². The Morgan fingerprint density at radius 2 is 2.22 bits per heavy atom. The molecular weight excluding hydrogens is 337 g/mol. The van der Waals surface area contributed by atoms with Crippen LogP contribution in [0.25, 0.3) is 0 Å². The second-order valence-corrected chi connectivity index (χ2v) is 5.65. The standard InChI is InChI=1S/C15H18ClN5O.ClH/c16-13-4-2-1-3-12(13)14-11-17-6-10-21(14)15(22)5-8-20-9-7-18-19-20;/h1-4,7,9,14,17H,5-6,8,10-11H2;1H. The maximum absolute atomic E-state index is 12.6. The first-order valence-electron chi connectivity index (χ1n) is 7.34. The van der Waals surface area contributed by atoms with Crippen molar-refractivity contribution in [3.63, 3.8) is 0 Å². The van der Waals surface area contributed by atoms with Crippen LogP contribution in [0.1, 0.15) is 18.0 Å². The molecule has 3 rings (SSSR count). The minimum Gasteiger partial charge on any atom is -0.333 e. The van der Waals surface area contributed by atoms with Crippen molar-refractivity contribution in [2.45, 2.75) is 19.0 Å². The molecule has 124 valence electrons. The molecule has 2 aromatic rings. The first kappa shape index (κ1) is 17.7. The van der Waals surface area contributed by atoms with Crippen molar-refractivity contribution >= 4 is 29.9 Å². The quantitative estimate of drug-likeness (QED) is 0.909. The molecule has 0 radical (unpaired) electrons. The fourth-order valence-electron chi connectivity index (χ4n) is 2.73. The van der Waals surface area contributed by atoms with Gasteiger partial charge in [-0.15, -0.1) is 17.5 Å². The van der Waals surface area contributed by atoms with Gasteiger partial charge in [0.05, 0.1) is 18.8 Å². The second-order valence-electron chi connectivity index (χ2n) is 5.24. The number of nitrogens with zero attached hydrogens (tertiary/aromatic N) is 4. The summed E-state index contributed by atoms with van der Waals surface area (Å²) in [7, 11) is 0. The molecule has 6 nitrogen and oxygen atoms in total. The normalized spacial score (nSPS) is 17.6. The van der Waals surface area contributed by atoms with Gasteiger partial charge in [-0.2, -0.15) is 0 Å². The van der Waals surface area contributed by atoms with Crippen molar-refractivity contribution in [1.82, 2.24) is 25.2 Å². The highest BCUT2D eigenvalue weighted by atomic mass is 35.5. The number of carbonyl (C=O) groups excluding carboxylic acids is 1. The summed E-state index contributed by atoms with van der Waals surface area (Å²) in [4.78, 5) is 14.5. The molecule has 1 N–H and O–H groups in total. The molecule has 0 aliphatic carbocycles. The minimum atomic E-state index is -0.0225. The van der Waals surface area contributed by atoms with Crippen LogP contribution in [-0.4, -0.2) is 45.4 Å². The number of benzene rings is 1. The molecule has 1 saturated heterocycles. The zero-order chi connectivity index (χ0) is 15.4. The number of rotatable bonds is 4. The molecular formula is C15H19Cl2N5O. The number of piperazine rings is 1. The lowest BCUT2D eigenvalue weighted by atomic mass is 10.0. The predicted molar refractivity (Wildman–Crippen MR) is 90.7 cm³/mol. The van der Waals surface area contributed by atoms with E-state index in [0.29, 0.717) is 24.5 Å². The van der Waals surface area contributed by atoms with Crippen LogP contribution in [-0.2, 0) is 11.3 Å². The van der Waals surface area contributed by atoms with Crippen LogP contribution >= 0.6 is 24.0 Å². The van der Waals surface area contributed by atoms with Gasteiger partial charge in [-0.1, -0.05) is 35.0 Å². The molecule has 1 aromatic carbocycles. The van der Waals surface area contributed by atoms with E-state index in [-0.39, 0.29) is 24.4 Å². The molecule has 1 amide bonds. The largest absolute Gasteiger partial charge is 0.333 e. The molecule has 1 fully saturated rings. The Labute approximate surface area is 146 Å². The maximum Gasteiger partial charge on any atom is 0.225 e. The van der Waals surface area contributed by atoms with E-state index in [9.17, 15) is 4.79 Å². The topological polar surface area (TPSA) is 63.1 Å². The summed E-state index contributed by atoms with van der Waals surface area (Å²) in [6, 6.07) is 7.68. The van der Waals surface area contributed by atoms with E-state index in [0.717, 1.165) is 18.7 Å². The van der Waals surface area contributed by atoms with E-state index in [1.54, 1.807) is 17.1 Å². The SMILES string of the molecule is Cl.O=C(CCn1ccnn1)N1CCNCC1c1ccccc1Cl. The van der Waals surface area contributed by atoms with Crippen molar-refractivity contribution < 1.29 is 4.79 Å². The molecule has 1 aliphatic heterocycles. The molecule has 1 aliphatic rings. The van der Waals surface area contributed by atoms with Crippen LogP contribution in [0.2, 0.25) is 5.02 Å². The third-order valence-corrected chi connectivity index (χ3v) is 4.20. The van der Waals surface area contributed by atoms with Crippen molar-refractivity contribution in [1.29, 1.82) is 0 Å². The van der Waals surface area contributed by atoms with Crippen molar-refractivity contribution in [3.8, 4) is 0 Å². The zero-order valence-corrected chi connectivity index (χ0v) is 14.1. The average Bonchev–Trinajstić information content (AvgIpc) is 3.06. The highest BCUT2D eigenvalue weighted by molar-refractivity contribution is 6.31. The fourth-order valence-corrected chi connectivity index (χ4v) is 2.99. The number of aryl methyl sites for hydroxylation is 1. The van der Waals surface area contributed by atoms with E-state index in [1.807, 2.05) is 29.2 Å². The molecule has 0 saturated carbocycles. The number of amides is 1. The van der Waals surface area contributed by atoms with Crippen LogP contribution in [0, 0.1) is 0 Å². The number of carbonyl (C=O) groups is 1. The second kappa shape index (κ2) is 8.29. The summed E-state index contributed by atoms with van der Waals surface area (Å²) in [5.74, 6) is 0.113. The molecule has 0 bridgehead atoms. The number of aromatic nitrogens is 3. The Morgan fingerprint density at radius 1 is 1.39 bits per heavy atom. The molecule has 1 unspecified atom stereocenters. The summed E-state index contributed by atoms with van der Waals surface area (Å²) in [6.45, 7) is 2.75. The zero-order valence-electron chi connectivity index (χ0n) is 12.6. The Kier molecular flexibility index (Phi) is 6.38. The lowest BCUT2D eigenvalue weighted by molar-refractivity contribution is -0.134. The first-order valence-corrected chi connectivity index (χ1v) is 7.72. The third kappa shape index (κ3) is 4.22. The molecule has 1 atom stereocenters. The van der Waals surface area contributed by atoms with Gasteiger partial charge in [0.15, 0.2) is 0 Å². The Balaban J connectivity index is 0.00000192. The monoisotopic (exact) mass is 355 g/mol.